The van der Waals surface area contributed by atoms with Crippen LogP contribution in [0.25, 0.3) is 10.8 Å². The highest BCUT2D eigenvalue weighted by molar-refractivity contribution is 5.82. The normalized spacial score (nSPS) is 39.8. The van der Waals surface area contributed by atoms with E-state index in [4.69, 9.17) is 4.74 Å². The molecule has 0 radical (unpaired) electrons. The molecule has 1 aromatic carbocycles. The van der Waals surface area contributed by atoms with Crippen LogP contribution < -0.4 is 5.32 Å². The van der Waals surface area contributed by atoms with Crippen LogP contribution in [-0.4, -0.2) is 29.3 Å². The van der Waals surface area contributed by atoms with Crippen molar-refractivity contribution in [3.05, 3.63) is 65.5 Å². The third kappa shape index (κ3) is 2.99. The van der Waals surface area contributed by atoms with Crippen LogP contribution in [0.2, 0.25) is 0 Å². The summed E-state index contributed by atoms with van der Waals surface area (Å²) in [6, 6.07) is 9.79. The van der Waals surface area contributed by atoms with Gasteiger partial charge >= 0.3 is 0 Å². The van der Waals surface area contributed by atoms with Crippen LogP contribution in [0.5, 0.6) is 0 Å². The lowest BCUT2D eigenvalue weighted by molar-refractivity contribution is -0.136. The van der Waals surface area contributed by atoms with Gasteiger partial charge in [0.15, 0.2) is 0 Å². The molecule has 2 spiro atoms. The Hall–Kier alpha value is -1.97. The Balaban J connectivity index is 0.000000825. The van der Waals surface area contributed by atoms with Gasteiger partial charge in [0.05, 0.1) is 11.2 Å². The smallest absolute Gasteiger partial charge is 0.0974 e. The Bertz CT molecular complexity index is 1170. The summed E-state index contributed by atoms with van der Waals surface area (Å²) in [7, 11) is 2.12. The minimum atomic E-state index is -0.0563. The van der Waals surface area contributed by atoms with Crippen molar-refractivity contribution in [2.75, 3.05) is 7.05 Å². The summed E-state index contributed by atoms with van der Waals surface area (Å²) in [6.45, 7) is 6.57. The molecule has 3 heteroatoms. The lowest BCUT2D eigenvalue weighted by Gasteiger charge is -2.54. The molecule has 1 saturated heterocycles. The highest BCUT2D eigenvalue weighted by Crippen LogP contribution is 2.69. The topological polar surface area (TPSA) is 34.2 Å². The Morgan fingerprint density at radius 1 is 1.09 bits per heavy atom. The molecule has 3 heterocycles. The molecule has 182 valence electrons. The zero-order valence-corrected chi connectivity index (χ0v) is 21.4. The number of fused-ring (bicyclic) bond motifs is 2. The van der Waals surface area contributed by atoms with E-state index in [-0.39, 0.29) is 18.0 Å². The fourth-order valence-corrected chi connectivity index (χ4v) is 8.52. The number of nitrogens with one attached hydrogen (secondary N) is 1. The van der Waals surface area contributed by atoms with Crippen LogP contribution in [0.15, 0.2) is 60.0 Å². The van der Waals surface area contributed by atoms with Gasteiger partial charge in [-0.05, 0) is 110 Å². The summed E-state index contributed by atoms with van der Waals surface area (Å²) in [5.74, 6) is 1.20. The van der Waals surface area contributed by atoms with E-state index in [1.54, 1.807) is 5.57 Å². The van der Waals surface area contributed by atoms with Crippen LogP contribution in [0, 0.1) is 11.3 Å². The van der Waals surface area contributed by atoms with Crippen molar-refractivity contribution < 1.29 is 6.16 Å². The Morgan fingerprint density at radius 3 is 2.82 bits per heavy atom. The summed E-state index contributed by atoms with van der Waals surface area (Å²) >= 11 is 0. The van der Waals surface area contributed by atoms with Gasteiger partial charge in [-0.1, -0.05) is 45.1 Å². The van der Waals surface area contributed by atoms with E-state index in [1.807, 2.05) is 26.2 Å². The maximum absolute atomic E-state index is 7.36. The highest BCUT2D eigenvalue weighted by Gasteiger charge is 2.66. The van der Waals surface area contributed by atoms with Crippen molar-refractivity contribution >= 4 is 10.8 Å². The van der Waals surface area contributed by atoms with Crippen molar-refractivity contribution in [1.29, 1.82) is 0 Å². The number of hydrogen-bond donors (Lipinski definition) is 1. The zero-order valence-electron chi connectivity index (χ0n) is 21.4. The minimum absolute atomic E-state index is 0. The van der Waals surface area contributed by atoms with Gasteiger partial charge < -0.3 is 10.1 Å². The zero-order chi connectivity index (χ0) is 23.6. The maximum Gasteiger partial charge on any atom is 0.0974 e. The Labute approximate surface area is 206 Å². The van der Waals surface area contributed by atoms with Gasteiger partial charge in [-0.3, -0.25) is 4.98 Å². The van der Waals surface area contributed by atoms with Crippen molar-refractivity contribution in [3.8, 4) is 0 Å². The molecule has 7 rings (SSSR count). The molecule has 1 aromatic heterocycles. The molecular weight excluding hydrogens is 416 g/mol. The molecule has 0 unspecified atom stereocenters. The first-order chi connectivity index (χ1) is 16.6. The summed E-state index contributed by atoms with van der Waals surface area (Å²) in [4.78, 5) is 4.37. The molecule has 2 bridgehead atoms. The summed E-state index contributed by atoms with van der Waals surface area (Å²) in [5, 5.41) is 6.11. The number of nitrogens with zero attached hydrogens (tertiary/aromatic N) is 1. The Morgan fingerprint density at radius 2 is 1.97 bits per heavy atom. The van der Waals surface area contributed by atoms with E-state index in [1.165, 1.54) is 66.9 Å². The second-order valence-corrected chi connectivity index (χ2v) is 11.4. The number of allylic oxidation sites excluding steroid dienone is 1. The minimum Gasteiger partial charge on any atom is -0.359 e. The number of pyridine rings is 1. The lowest BCUT2D eigenvalue weighted by atomic mass is 9.58. The van der Waals surface area contributed by atoms with E-state index in [9.17, 15) is 0 Å². The molecule has 0 amide bonds. The third-order valence-corrected chi connectivity index (χ3v) is 10.2. The van der Waals surface area contributed by atoms with Gasteiger partial charge in [-0.25, -0.2) is 0 Å². The van der Waals surface area contributed by atoms with Crippen LogP contribution in [0.3, 0.4) is 0 Å². The van der Waals surface area contributed by atoms with Gasteiger partial charge in [0.1, 0.15) is 0 Å². The van der Waals surface area contributed by atoms with Gasteiger partial charge in [0, 0.05) is 25.2 Å². The molecular formula is C31H42N2O. The second kappa shape index (κ2) is 8.03. The van der Waals surface area contributed by atoms with Gasteiger partial charge in [-0.2, -0.15) is 0 Å². The van der Waals surface area contributed by atoms with Gasteiger partial charge in [0.2, 0.25) is 0 Å². The molecule has 3 nitrogen and oxygen atoms in total. The number of aromatic nitrogens is 1. The molecule has 1 N–H and O–H groups in total. The standard InChI is InChI=1S/C29H34N2O.C2H6.H2/c1-27-11-9-23-16-22-5-6-24(30-2)17-28(22)12-13-29(23,32-28)26(27)8-7-25(27)20-4-3-19-10-14-31-18-21(19)15-20;1-2;/h3-4,9-10,14-16,18,24-26,30H,5-8,11-13,17H2,1-2H3;1-2H3;1H/t24-,25-,26-,27-,28-,29-;;/m1../s1. The first kappa shape index (κ1) is 22.5. The first-order valence-electron chi connectivity index (χ1n) is 13.7. The Kier molecular flexibility index (Phi) is 5.31. The van der Waals surface area contributed by atoms with E-state index < -0.39 is 0 Å². The SMILES string of the molecule is CC.CN[C@@H]1CCC2=CC3=CC[C@]4(C)[C@@H](c5ccc6ccncc6c5)CC[C@H]4[C@@]34CC[C@]2(C1)O4.[HH]. The summed E-state index contributed by atoms with van der Waals surface area (Å²) in [6.07, 6.45) is 18.8. The van der Waals surface area contributed by atoms with E-state index >= 15 is 0 Å². The van der Waals surface area contributed by atoms with Crippen LogP contribution in [0.1, 0.15) is 85.0 Å². The largest absolute Gasteiger partial charge is 0.359 e. The summed E-state index contributed by atoms with van der Waals surface area (Å²) < 4.78 is 7.36. The molecule has 5 aliphatic rings. The highest BCUT2D eigenvalue weighted by atomic mass is 16.5. The molecule has 34 heavy (non-hydrogen) atoms. The van der Waals surface area contributed by atoms with E-state index in [0.717, 1.165) is 6.42 Å². The predicted molar refractivity (Wildman–Crippen MR) is 142 cm³/mol. The van der Waals surface area contributed by atoms with Crippen molar-refractivity contribution in [2.45, 2.75) is 95.3 Å². The second-order valence-electron chi connectivity index (χ2n) is 11.4. The molecule has 6 atom stereocenters. The molecule has 2 aliphatic heterocycles. The van der Waals surface area contributed by atoms with Crippen LogP contribution >= 0.6 is 0 Å². The average molecular weight is 459 g/mol. The number of benzene rings is 1. The van der Waals surface area contributed by atoms with Gasteiger partial charge in [0.25, 0.3) is 0 Å². The van der Waals surface area contributed by atoms with E-state index in [0.29, 0.717) is 17.9 Å². The average Bonchev–Trinajstić information content (AvgIpc) is 3.39. The van der Waals surface area contributed by atoms with Gasteiger partial charge in [-0.15, -0.1) is 0 Å². The molecule has 2 aromatic rings. The number of hydrogen-bond acceptors (Lipinski definition) is 3. The third-order valence-electron chi connectivity index (χ3n) is 10.2. The molecule has 3 aliphatic carbocycles. The summed E-state index contributed by atoms with van der Waals surface area (Å²) in [5.41, 5.74) is 4.80. The fourth-order valence-electron chi connectivity index (χ4n) is 8.52. The van der Waals surface area contributed by atoms with Crippen molar-refractivity contribution in [1.82, 2.24) is 10.3 Å². The quantitative estimate of drug-likeness (QED) is 0.511. The number of ether oxygens (including phenoxy) is 1. The van der Waals surface area contributed by atoms with Crippen molar-refractivity contribution in [3.63, 3.8) is 0 Å². The van der Waals surface area contributed by atoms with Crippen molar-refractivity contribution in [2.24, 2.45) is 11.3 Å². The van der Waals surface area contributed by atoms with Crippen LogP contribution in [0.4, 0.5) is 0 Å². The molecule has 2 saturated carbocycles. The fraction of sp³-hybridized carbons (Fsp3) is 0.581. The first-order valence-corrected chi connectivity index (χ1v) is 13.7. The maximum atomic E-state index is 7.36. The monoisotopic (exact) mass is 458 g/mol. The predicted octanol–water partition coefficient (Wildman–Crippen LogP) is 7.34. The van der Waals surface area contributed by atoms with E-state index in [2.05, 4.69) is 60.7 Å². The lowest BCUT2D eigenvalue weighted by Crippen LogP contribution is -2.54. The van der Waals surface area contributed by atoms with Crippen LogP contribution in [-0.2, 0) is 4.74 Å². The molecule has 3 fully saturated rings. The number of rotatable bonds is 2.